The SMILES string of the molecule is CCN(Cc1ccc2c(c1)OCO2)C(=O)c1ccc(S(=O)(=O)N(CC)CC)cc1. The molecule has 0 fully saturated rings. The standard InChI is InChI=1S/C21H26N2O5S/c1-4-22(14-16-7-12-19-20(13-16)28-15-27-19)21(24)17-8-10-18(11-9-17)29(25,26)23(5-2)6-3/h7-13H,4-6,14-15H2,1-3H3. The Balaban J connectivity index is 1.76. The lowest BCUT2D eigenvalue weighted by molar-refractivity contribution is 0.0752. The molecule has 0 unspecified atom stereocenters. The van der Waals surface area contributed by atoms with Crippen molar-refractivity contribution in [2.75, 3.05) is 26.4 Å². The third kappa shape index (κ3) is 4.38. The van der Waals surface area contributed by atoms with Gasteiger partial charge in [-0.25, -0.2) is 8.42 Å². The van der Waals surface area contributed by atoms with E-state index in [1.54, 1.807) is 30.9 Å². The fourth-order valence-corrected chi connectivity index (χ4v) is 4.71. The van der Waals surface area contributed by atoms with Crippen molar-refractivity contribution in [2.45, 2.75) is 32.2 Å². The quantitative estimate of drug-likeness (QED) is 0.658. The van der Waals surface area contributed by atoms with Crippen LogP contribution in [0.1, 0.15) is 36.7 Å². The Labute approximate surface area is 171 Å². The first-order valence-corrected chi connectivity index (χ1v) is 11.1. The van der Waals surface area contributed by atoms with Gasteiger partial charge < -0.3 is 14.4 Å². The fourth-order valence-electron chi connectivity index (χ4n) is 3.25. The summed E-state index contributed by atoms with van der Waals surface area (Å²) in [6.07, 6.45) is 0. The molecule has 2 aromatic rings. The van der Waals surface area contributed by atoms with Crippen LogP contribution in [-0.2, 0) is 16.6 Å². The highest BCUT2D eigenvalue weighted by Gasteiger charge is 2.23. The second-order valence-electron chi connectivity index (χ2n) is 6.62. The molecule has 2 aromatic carbocycles. The van der Waals surface area contributed by atoms with Crippen LogP contribution in [0.15, 0.2) is 47.4 Å². The number of carbonyl (C=O) groups is 1. The normalized spacial score (nSPS) is 13.0. The Morgan fingerprint density at radius 2 is 1.59 bits per heavy atom. The first-order valence-electron chi connectivity index (χ1n) is 9.68. The Morgan fingerprint density at radius 3 is 2.21 bits per heavy atom. The molecule has 0 N–H and O–H groups in total. The molecule has 7 nitrogen and oxygen atoms in total. The number of ether oxygens (including phenoxy) is 2. The molecule has 3 rings (SSSR count). The maximum absolute atomic E-state index is 12.9. The van der Waals surface area contributed by atoms with Gasteiger partial charge in [-0.05, 0) is 48.9 Å². The minimum absolute atomic E-state index is 0.156. The van der Waals surface area contributed by atoms with E-state index in [0.29, 0.717) is 43.2 Å². The van der Waals surface area contributed by atoms with Crippen molar-refractivity contribution in [3.63, 3.8) is 0 Å². The molecule has 0 atom stereocenters. The lowest BCUT2D eigenvalue weighted by Gasteiger charge is -2.22. The maximum atomic E-state index is 12.9. The summed E-state index contributed by atoms with van der Waals surface area (Å²) in [6.45, 7) is 7.46. The summed E-state index contributed by atoms with van der Waals surface area (Å²) >= 11 is 0. The Bertz CT molecular complexity index is 969. The van der Waals surface area contributed by atoms with Crippen molar-refractivity contribution < 1.29 is 22.7 Å². The summed E-state index contributed by atoms with van der Waals surface area (Å²) < 4.78 is 37.3. The van der Waals surface area contributed by atoms with E-state index in [1.807, 2.05) is 25.1 Å². The van der Waals surface area contributed by atoms with E-state index < -0.39 is 10.0 Å². The van der Waals surface area contributed by atoms with Crippen LogP contribution in [-0.4, -0.2) is 50.0 Å². The van der Waals surface area contributed by atoms with Crippen LogP contribution >= 0.6 is 0 Å². The molecule has 0 saturated heterocycles. The van der Waals surface area contributed by atoms with Gasteiger partial charge in [0.15, 0.2) is 11.5 Å². The van der Waals surface area contributed by atoms with Crippen molar-refractivity contribution in [3.05, 3.63) is 53.6 Å². The van der Waals surface area contributed by atoms with Crippen LogP contribution in [0.5, 0.6) is 11.5 Å². The van der Waals surface area contributed by atoms with Gasteiger partial charge in [0.25, 0.3) is 5.91 Å². The fraction of sp³-hybridized carbons (Fsp3) is 0.381. The summed E-state index contributed by atoms with van der Waals surface area (Å²) in [5.41, 5.74) is 1.39. The number of hydrogen-bond acceptors (Lipinski definition) is 5. The molecular weight excluding hydrogens is 392 g/mol. The molecule has 8 heteroatoms. The van der Waals surface area contributed by atoms with Gasteiger partial charge in [-0.3, -0.25) is 4.79 Å². The molecule has 0 spiro atoms. The van der Waals surface area contributed by atoms with Gasteiger partial charge in [0.2, 0.25) is 16.8 Å². The van der Waals surface area contributed by atoms with Gasteiger partial charge in [-0.15, -0.1) is 0 Å². The van der Waals surface area contributed by atoms with Crippen LogP contribution in [0.3, 0.4) is 0 Å². The molecule has 0 saturated carbocycles. The van der Waals surface area contributed by atoms with Crippen molar-refractivity contribution in [1.82, 2.24) is 9.21 Å². The number of fused-ring (bicyclic) bond motifs is 1. The molecule has 156 valence electrons. The van der Waals surface area contributed by atoms with E-state index in [9.17, 15) is 13.2 Å². The van der Waals surface area contributed by atoms with Gasteiger partial charge in [0, 0.05) is 31.7 Å². The molecule has 1 aliphatic rings. The monoisotopic (exact) mass is 418 g/mol. The summed E-state index contributed by atoms with van der Waals surface area (Å²) in [5.74, 6) is 1.22. The molecule has 1 aliphatic heterocycles. The minimum atomic E-state index is -3.54. The third-order valence-corrected chi connectivity index (χ3v) is 6.99. The summed E-state index contributed by atoms with van der Waals surface area (Å²) in [4.78, 5) is 14.8. The molecule has 29 heavy (non-hydrogen) atoms. The molecular formula is C21H26N2O5S. The molecule has 0 radical (unpaired) electrons. The Morgan fingerprint density at radius 1 is 0.931 bits per heavy atom. The largest absolute Gasteiger partial charge is 0.454 e. The average Bonchev–Trinajstić information content (AvgIpc) is 3.20. The van der Waals surface area contributed by atoms with Gasteiger partial charge >= 0.3 is 0 Å². The summed E-state index contributed by atoms with van der Waals surface area (Å²) in [5, 5.41) is 0. The van der Waals surface area contributed by atoms with Crippen LogP contribution in [0.2, 0.25) is 0 Å². The minimum Gasteiger partial charge on any atom is -0.454 e. The van der Waals surface area contributed by atoms with Gasteiger partial charge in [0.1, 0.15) is 0 Å². The Kier molecular flexibility index (Phi) is 6.44. The van der Waals surface area contributed by atoms with E-state index in [4.69, 9.17) is 9.47 Å². The van der Waals surface area contributed by atoms with E-state index in [-0.39, 0.29) is 17.6 Å². The second kappa shape index (κ2) is 8.84. The topological polar surface area (TPSA) is 76.1 Å². The first kappa shape index (κ1) is 21.1. The summed E-state index contributed by atoms with van der Waals surface area (Å²) in [6, 6.07) is 11.7. The van der Waals surface area contributed by atoms with E-state index in [1.165, 1.54) is 16.4 Å². The predicted molar refractivity (Wildman–Crippen MR) is 110 cm³/mol. The van der Waals surface area contributed by atoms with Crippen molar-refractivity contribution in [2.24, 2.45) is 0 Å². The Hall–Kier alpha value is -2.58. The highest BCUT2D eigenvalue weighted by Crippen LogP contribution is 2.33. The summed E-state index contributed by atoms with van der Waals surface area (Å²) in [7, 11) is -3.54. The van der Waals surface area contributed by atoms with Gasteiger partial charge in [-0.2, -0.15) is 4.31 Å². The van der Waals surface area contributed by atoms with Gasteiger partial charge in [0.05, 0.1) is 4.90 Å². The van der Waals surface area contributed by atoms with E-state index >= 15 is 0 Å². The zero-order valence-corrected chi connectivity index (χ0v) is 17.7. The van der Waals surface area contributed by atoms with E-state index in [0.717, 1.165) is 5.56 Å². The highest BCUT2D eigenvalue weighted by atomic mass is 32.2. The number of sulfonamides is 1. The predicted octanol–water partition coefficient (Wildman–Crippen LogP) is 3.11. The number of hydrogen-bond donors (Lipinski definition) is 0. The lowest BCUT2D eigenvalue weighted by Crippen LogP contribution is -2.31. The number of benzene rings is 2. The highest BCUT2D eigenvalue weighted by molar-refractivity contribution is 7.89. The number of nitrogens with zero attached hydrogens (tertiary/aromatic N) is 2. The van der Waals surface area contributed by atoms with Gasteiger partial charge in [-0.1, -0.05) is 19.9 Å². The maximum Gasteiger partial charge on any atom is 0.254 e. The van der Waals surface area contributed by atoms with Crippen molar-refractivity contribution >= 4 is 15.9 Å². The third-order valence-electron chi connectivity index (χ3n) is 4.92. The second-order valence-corrected chi connectivity index (χ2v) is 8.56. The van der Waals surface area contributed by atoms with Crippen molar-refractivity contribution in [1.29, 1.82) is 0 Å². The zero-order chi connectivity index (χ0) is 21.0. The lowest BCUT2D eigenvalue weighted by atomic mass is 10.1. The molecule has 0 aromatic heterocycles. The molecule has 0 bridgehead atoms. The zero-order valence-electron chi connectivity index (χ0n) is 16.9. The van der Waals surface area contributed by atoms with E-state index in [2.05, 4.69) is 0 Å². The van der Waals surface area contributed by atoms with Crippen molar-refractivity contribution in [3.8, 4) is 11.5 Å². The van der Waals surface area contributed by atoms with Crippen LogP contribution in [0, 0.1) is 0 Å². The number of rotatable bonds is 8. The molecule has 1 heterocycles. The number of amides is 1. The van der Waals surface area contributed by atoms with Crippen LogP contribution in [0.4, 0.5) is 0 Å². The smallest absolute Gasteiger partial charge is 0.254 e. The van der Waals surface area contributed by atoms with Crippen LogP contribution < -0.4 is 9.47 Å². The molecule has 0 aliphatic carbocycles. The average molecular weight is 419 g/mol. The molecule has 1 amide bonds. The number of carbonyl (C=O) groups excluding carboxylic acids is 1. The van der Waals surface area contributed by atoms with Crippen LogP contribution in [0.25, 0.3) is 0 Å². The first-order chi connectivity index (χ1) is 13.9.